The number of urea groups is 1. The molecular formula is C26H28N2O5. The van der Waals surface area contributed by atoms with E-state index in [9.17, 15) is 4.79 Å². The second-order valence-corrected chi connectivity index (χ2v) is 7.67. The largest absolute Gasteiger partial charge is 0.497 e. The number of methoxy groups -OCH3 is 1. The molecule has 2 N–H and O–H groups in total. The number of anilines is 1. The third-order valence-electron chi connectivity index (χ3n) is 5.33. The predicted molar refractivity (Wildman–Crippen MR) is 127 cm³/mol. The van der Waals surface area contributed by atoms with Crippen LogP contribution >= 0.6 is 0 Å². The van der Waals surface area contributed by atoms with Gasteiger partial charge in [0, 0.05) is 6.04 Å². The van der Waals surface area contributed by atoms with E-state index in [-0.39, 0.29) is 18.9 Å². The summed E-state index contributed by atoms with van der Waals surface area (Å²) < 4.78 is 21.8. The van der Waals surface area contributed by atoms with Crippen molar-refractivity contribution in [2.45, 2.75) is 25.8 Å². The van der Waals surface area contributed by atoms with Gasteiger partial charge in [-0.3, -0.25) is 0 Å². The first-order chi connectivity index (χ1) is 16.1. The third-order valence-corrected chi connectivity index (χ3v) is 5.33. The topological polar surface area (TPSA) is 78.1 Å². The number of nitrogens with one attached hydrogen (secondary N) is 2. The van der Waals surface area contributed by atoms with E-state index in [4.69, 9.17) is 18.9 Å². The fourth-order valence-electron chi connectivity index (χ4n) is 3.77. The molecule has 0 fully saturated rings. The van der Waals surface area contributed by atoms with Crippen LogP contribution in [0.5, 0.6) is 23.0 Å². The van der Waals surface area contributed by atoms with E-state index in [1.165, 1.54) is 0 Å². The SMILES string of the molecule is CCOc1ccccc1NC(=O)N[C@H](Cc1ccc(OC)cc1)Cc1ccc2c(c1)OCO2. The lowest BCUT2D eigenvalue weighted by molar-refractivity contribution is 0.174. The Morgan fingerprint density at radius 1 is 0.970 bits per heavy atom. The highest BCUT2D eigenvalue weighted by Crippen LogP contribution is 2.33. The van der Waals surface area contributed by atoms with Crippen molar-refractivity contribution in [3.05, 3.63) is 77.9 Å². The quantitative estimate of drug-likeness (QED) is 0.492. The second kappa shape index (κ2) is 10.6. The highest BCUT2D eigenvalue weighted by atomic mass is 16.7. The molecule has 0 aliphatic carbocycles. The third kappa shape index (κ3) is 5.88. The molecule has 172 valence electrons. The summed E-state index contributed by atoms with van der Waals surface area (Å²) in [6.07, 6.45) is 1.28. The first-order valence-electron chi connectivity index (χ1n) is 11.0. The predicted octanol–water partition coefficient (Wildman–Crippen LogP) is 4.80. The summed E-state index contributed by atoms with van der Waals surface area (Å²) in [7, 11) is 1.64. The Kier molecular flexibility index (Phi) is 7.19. The highest BCUT2D eigenvalue weighted by Gasteiger charge is 2.18. The molecule has 1 aliphatic rings. The van der Waals surface area contributed by atoms with Crippen LogP contribution in [0.4, 0.5) is 10.5 Å². The van der Waals surface area contributed by atoms with Gasteiger partial charge in [-0.15, -0.1) is 0 Å². The molecule has 0 aromatic heterocycles. The Morgan fingerprint density at radius 3 is 2.48 bits per heavy atom. The summed E-state index contributed by atoms with van der Waals surface area (Å²) in [5, 5.41) is 6.04. The van der Waals surface area contributed by atoms with Crippen molar-refractivity contribution in [3.63, 3.8) is 0 Å². The Morgan fingerprint density at radius 2 is 1.70 bits per heavy atom. The molecule has 3 aromatic rings. The number of para-hydroxylation sites is 2. The van der Waals surface area contributed by atoms with Gasteiger partial charge < -0.3 is 29.6 Å². The number of carbonyl (C=O) groups is 1. The standard InChI is InChI=1S/C26H28N2O5/c1-3-31-23-7-5-4-6-22(23)28-26(29)27-20(14-18-8-11-21(30-2)12-9-18)15-19-10-13-24-25(16-19)33-17-32-24/h4-13,16,20H,3,14-15,17H2,1-2H3,(H2,27,28,29)/t20-/m1/s1. The van der Waals surface area contributed by atoms with Crippen LogP contribution in [0, 0.1) is 0 Å². The summed E-state index contributed by atoms with van der Waals surface area (Å²) in [6.45, 7) is 2.66. The summed E-state index contributed by atoms with van der Waals surface area (Å²) in [5.41, 5.74) is 2.77. The van der Waals surface area contributed by atoms with Gasteiger partial charge in [0.05, 0.1) is 19.4 Å². The summed E-state index contributed by atoms with van der Waals surface area (Å²) in [4.78, 5) is 12.9. The van der Waals surface area contributed by atoms with Gasteiger partial charge in [-0.25, -0.2) is 4.79 Å². The normalized spacial score (nSPS) is 12.7. The van der Waals surface area contributed by atoms with Gasteiger partial charge in [-0.1, -0.05) is 30.3 Å². The molecule has 3 aromatic carbocycles. The molecule has 7 heteroatoms. The monoisotopic (exact) mass is 448 g/mol. The zero-order valence-electron chi connectivity index (χ0n) is 18.8. The molecule has 0 spiro atoms. The lowest BCUT2D eigenvalue weighted by Gasteiger charge is -2.20. The maximum absolute atomic E-state index is 12.9. The molecule has 1 aliphatic heterocycles. The van der Waals surface area contributed by atoms with Crippen molar-refractivity contribution in [2.24, 2.45) is 0 Å². The molecule has 4 rings (SSSR count). The van der Waals surface area contributed by atoms with Gasteiger partial charge in [-0.05, 0) is 67.3 Å². The van der Waals surface area contributed by atoms with E-state index in [1.54, 1.807) is 7.11 Å². The summed E-state index contributed by atoms with van der Waals surface area (Å²) >= 11 is 0. The van der Waals surface area contributed by atoms with Crippen molar-refractivity contribution in [1.82, 2.24) is 5.32 Å². The van der Waals surface area contributed by atoms with Gasteiger partial charge in [0.1, 0.15) is 11.5 Å². The van der Waals surface area contributed by atoms with Crippen LogP contribution in [0.15, 0.2) is 66.7 Å². The number of benzene rings is 3. The fraction of sp³-hybridized carbons (Fsp3) is 0.269. The van der Waals surface area contributed by atoms with Crippen molar-refractivity contribution < 1.29 is 23.7 Å². The number of hydrogen-bond acceptors (Lipinski definition) is 5. The van der Waals surface area contributed by atoms with Gasteiger partial charge in [0.25, 0.3) is 0 Å². The molecule has 33 heavy (non-hydrogen) atoms. The maximum atomic E-state index is 12.9. The average Bonchev–Trinajstić information content (AvgIpc) is 3.29. The highest BCUT2D eigenvalue weighted by molar-refractivity contribution is 5.91. The van der Waals surface area contributed by atoms with Crippen LogP contribution in [0.3, 0.4) is 0 Å². The van der Waals surface area contributed by atoms with Crippen LogP contribution in [0.25, 0.3) is 0 Å². The molecule has 0 radical (unpaired) electrons. The average molecular weight is 449 g/mol. The van der Waals surface area contributed by atoms with Crippen molar-refractivity contribution in [2.75, 3.05) is 25.8 Å². The van der Waals surface area contributed by atoms with Crippen LogP contribution in [-0.2, 0) is 12.8 Å². The number of ether oxygens (including phenoxy) is 4. The Hall–Kier alpha value is -3.87. The van der Waals surface area contributed by atoms with Gasteiger partial charge >= 0.3 is 6.03 Å². The first kappa shape index (κ1) is 22.3. The van der Waals surface area contributed by atoms with Gasteiger partial charge in [-0.2, -0.15) is 0 Å². The molecule has 0 saturated heterocycles. The smallest absolute Gasteiger partial charge is 0.319 e. The maximum Gasteiger partial charge on any atom is 0.319 e. The molecular weight excluding hydrogens is 420 g/mol. The fourth-order valence-corrected chi connectivity index (χ4v) is 3.77. The Balaban J connectivity index is 1.49. The van der Waals surface area contributed by atoms with E-state index in [1.807, 2.05) is 73.7 Å². The van der Waals surface area contributed by atoms with Crippen molar-refractivity contribution in [1.29, 1.82) is 0 Å². The zero-order valence-corrected chi connectivity index (χ0v) is 18.8. The van der Waals surface area contributed by atoms with E-state index < -0.39 is 0 Å². The van der Waals surface area contributed by atoms with Crippen LogP contribution in [-0.4, -0.2) is 32.6 Å². The minimum Gasteiger partial charge on any atom is -0.497 e. The van der Waals surface area contributed by atoms with Crippen molar-refractivity contribution >= 4 is 11.7 Å². The van der Waals surface area contributed by atoms with E-state index in [0.29, 0.717) is 30.9 Å². The number of carbonyl (C=O) groups excluding carboxylic acids is 1. The van der Waals surface area contributed by atoms with E-state index in [2.05, 4.69) is 10.6 Å². The van der Waals surface area contributed by atoms with Gasteiger partial charge in [0.15, 0.2) is 11.5 Å². The number of amides is 2. The molecule has 7 nitrogen and oxygen atoms in total. The zero-order chi connectivity index (χ0) is 23.0. The molecule has 2 amide bonds. The summed E-state index contributed by atoms with van der Waals surface area (Å²) in [5.74, 6) is 2.90. The Bertz CT molecular complexity index is 1080. The number of hydrogen-bond donors (Lipinski definition) is 2. The molecule has 0 bridgehead atoms. The van der Waals surface area contributed by atoms with E-state index >= 15 is 0 Å². The summed E-state index contributed by atoms with van der Waals surface area (Å²) in [6, 6.07) is 20.7. The number of fused-ring (bicyclic) bond motifs is 1. The van der Waals surface area contributed by atoms with Crippen LogP contribution in [0.1, 0.15) is 18.1 Å². The minimum atomic E-state index is -0.290. The molecule has 1 heterocycles. The number of rotatable bonds is 9. The lowest BCUT2D eigenvalue weighted by Crippen LogP contribution is -2.40. The molecule has 0 unspecified atom stereocenters. The molecule has 1 atom stereocenters. The van der Waals surface area contributed by atoms with Crippen LogP contribution < -0.4 is 29.6 Å². The Labute approximate surface area is 193 Å². The van der Waals surface area contributed by atoms with Crippen LogP contribution in [0.2, 0.25) is 0 Å². The lowest BCUT2D eigenvalue weighted by atomic mass is 9.98. The second-order valence-electron chi connectivity index (χ2n) is 7.67. The minimum absolute atomic E-state index is 0.155. The molecule has 0 saturated carbocycles. The van der Waals surface area contributed by atoms with Gasteiger partial charge in [0.2, 0.25) is 6.79 Å². The van der Waals surface area contributed by atoms with E-state index in [0.717, 1.165) is 28.4 Å². The first-order valence-corrected chi connectivity index (χ1v) is 11.0. The van der Waals surface area contributed by atoms with Crippen molar-refractivity contribution in [3.8, 4) is 23.0 Å².